The van der Waals surface area contributed by atoms with Crippen LogP contribution in [0.15, 0.2) is 12.5 Å². The van der Waals surface area contributed by atoms with Gasteiger partial charge < -0.3 is 25.9 Å². The summed E-state index contributed by atoms with van der Waals surface area (Å²) in [6.07, 6.45) is 3.23. The lowest BCUT2D eigenvalue weighted by Gasteiger charge is -2.26. The fourth-order valence-electron chi connectivity index (χ4n) is 3.12. The molecule has 2 rings (SSSR count). The zero-order valence-electron chi connectivity index (χ0n) is 12.9. The largest absolute Gasteiger partial charge is 0.480 e. The maximum absolute atomic E-state index is 12.5. The van der Waals surface area contributed by atoms with Crippen LogP contribution in [0.2, 0.25) is 6.32 Å². The van der Waals surface area contributed by atoms with Gasteiger partial charge in [-0.25, -0.2) is 13.4 Å². The number of imidazole rings is 1. The van der Waals surface area contributed by atoms with Crippen molar-refractivity contribution >= 4 is 28.9 Å². The number of H-pyrrole nitrogens is 1. The molecule has 7 N–H and O–H groups in total. The van der Waals surface area contributed by atoms with Crippen LogP contribution in [0.5, 0.6) is 0 Å². The van der Waals surface area contributed by atoms with Crippen molar-refractivity contribution < 1.29 is 28.4 Å². The molecule has 1 saturated carbocycles. The summed E-state index contributed by atoms with van der Waals surface area (Å²) in [7, 11) is -5.31. The Balaban J connectivity index is 2.11. The van der Waals surface area contributed by atoms with Crippen molar-refractivity contribution in [2.24, 2.45) is 11.7 Å². The first-order valence-electron chi connectivity index (χ1n) is 7.53. The van der Waals surface area contributed by atoms with E-state index >= 15 is 0 Å². The first kappa shape index (κ1) is 18.7. The van der Waals surface area contributed by atoms with Crippen molar-refractivity contribution in [3.8, 4) is 0 Å². The van der Waals surface area contributed by atoms with Gasteiger partial charge in [0.15, 0.2) is 0 Å². The first-order valence-corrected chi connectivity index (χ1v) is 9.08. The molecule has 3 atom stereocenters. The number of nitrogens with two attached hydrogens (primary N) is 1. The standard InChI is InChI=1S/C12H21BN4O6S/c14-12(11(18)19)5-9(4-8(12)2-1-3-13(20)21)24(22,23)17-10-6-15-7-16-10/h6-9,17,20-21H,1-5,14H2,(H,15,16)(H,18,19)/t8-,9?,12-/m0/s1. The lowest BCUT2D eigenvalue weighted by atomic mass is 9.78. The van der Waals surface area contributed by atoms with Gasteiger partial charge in [-0.2, -0.15) is 0 Å². The molecule has 10 nitrogen and oxygen atoms in total. The van der Waals surface area contributed by atoms with Gasteiger partial charge in [0.2, 0.25) is 10.0 Å². The minimum atomic E-state index is -3.83. The van der Waals surface area contributed by atoms with Crippen molar-refractivity contribution in [2.75, 3.05) is 4.72 Å². The smallest absolute Gasteiger partial charge is 0.451 e. The van der Waals surface area contributed by atoms with Crippen LogP contribution < -0.4 is 10.5 Å². The van der Waals surface area contributed by atoms with Crippen LogP contribution in [0.4, 0.5) is 5.82 Å². The van der Waals surface area contributed by atoms with E-state index in [9.17, 15) is 18.3 Å². The molecule has 1 aromatic rings. The highest BCUT2D eigenvalue weighted by Crippen LogP contribution is 2.41. The number of nitrogens with zero attached hydrogens (tertiary/aromatic N) is 1. The predicted molar refractivity (Wildman–Crippen MR) is 86.4 cm³/mol. The summed E-state index contributed by atoms with van der Waals surface area (Å²) < 4.78 is 27.2. The fraction of sp³-hybridized carbons (Fsp3) is 0.667. The van der Waals surface area contributed by atoms with Crippen molar-refractivity contribution in [2.45, 2.75) is 42.8 Å². The number of aliphatic carboxylic acids is 1. The molecule has 12 heteroatoms. The lowest BCUT2D eigenvalue weighted by Crippen LogP contribution is -2.51. The molecule has 1 fully saturated rings. The Bertz CT molecular complexity index is 667. The summed E-state index contributed by atoms with van der Waals surface area (Å²) in [6.45, 7) is 0. The summed E-state index contributed by atoms with van der Waals surface area (Å²) in [5.74, 6) is -1.63. The number of sulfonamides is 1. The molecule has 1 aromatic heterocycles. The van der Waals surface area contributed by atoms with Gasteiger partial charge >= 0.3 is 13.1 Å². The highest BCUT2D eigenvalue weighted by Gasteiger charge is 2.53. The Labute approximate surface area is 139 Å². The maximum atomic E-state index is 12.5. The second kappa shape index (κ2) is 7.09. The first-order chi connectivity index (χ1) is 11.1. The van der Waals surface area contributed by atoms with E-state index in [1.807, 2.05) is 0 Å². The van der Waals surface area contributed by atoms with Gasteiger partial charge in [-0.1, -0.05) is 6.42 Å². The van der Waals surface area contributed by atoms with Gasteiger partial charge in [-0.15, -0.1) is 0 Å². The molecule has 0 amide bonds. The number of aromatic nitrogens is 2. The third-order valence-electron chi connectivity index (χ3n) is 4.44. The molecule has 24 heavy (non-hydrogen) atoms. The highest BCUT2D eigenvalue weighted by atomic mass is 32.2. The molecule has 0 aliphatic heterocycles. The predicted octanol–water partition coefficient (Wildman–Crippen LogP) is -1.03. The van der Waals surface area contributed by atoms with Gasteiger partial charge in [0.25, 0.3) is 0 Å². The fourth-order valence-corrected chi connectivity index (χ4v) is 4.69. The molecular formula is C12H21BN4O6S. The number of carbonyl (C=O) groups is 1. The van der Waals surface area contributed by atoms with E-state index in [0.717, 1.165) is 0 Å². The number of hydrogen-bond acceptors (Lipinski definition) is 7. The van der Waals surface area contributed by atoms with Crippen LogP contribution in [0.3, 0.4) is 0 Å². The Kier molecular flexibility index (Phi) is 5.53. The summed E-state index contributed by atoms with van der Waals surface area (Å²) >= 11 is 0. The Morgan fingerprint density at radius 3 is 2.79 bits per heavy atom. The van der Waals surface area contributed by atoms with Gasteiger partial charge in [-0.05, 0) is 31.5 Å². The zero-order valence-corrected chi connectivity index (χ0v) is 13.7. The topological polar surface area (TPSA) is 179 Å². The SMILES string of the molecule is N[C@@]1(C(=O)O)CC(S(=O)(=O)Nc2cnc[nH]2)C[C@@H]1CCCB(O)O. The average Bonchev–Trinajstić information content (AvgIpc) is 3.07. The van der Waals surface area contributed by atoms with Crippen molar-refractivity contribution in [3.63, 3.8) is 0 Å². The summed E-state index contributed by atoms with van der Waals surface area (Å²) in [4.78, 5) is 17.9. The minimum Gasteiger partial charge on any atom is -0.480 e. The Morgan fingerprint density at radius 1 is 1.54 bits per heavy atom. The second-order valence-electron chi connectivity index (χ2n) is 6.13. The van der Waals surface area contributed by atoms with E-state index in [1.165, 1.54) is 12.5 Å². The molecule has 0 radical (unpaired) electrons. The van der Waals surface area contributed by atoms with E-state index in [1.54, 1.807) is 0 Å². The summed E-state index contributed by atoms with van der Waals surface area (Å²) in [5, 5.41) is 26.3. The molecule has 1 aliphatic rings. The molecule has 0 aromatic carbocycles. The molecule has 1 aliphatic carbocycles. The number of hydrogen-bond donors (Lipinski definition) is 6. The molecule has 0 bridgehead atoms. The van der Waals surface area contributed by atoms with E-state index in [4.69, 9.17) is 15.8 Å². The number of anilines is 1. The van der Waals surface area contributed by atoms with Crippen LogP contribution in [0.1, 0.15) is 25.7 Å². The maximum Gasteiger partial charge on any atom is 0.451 e. The van der Waals surface area contributed by atoms with Crippen LogP contribution in [0.25, 0.3) is 0 Å². The molecule has 0 spiro atoms. The number of carboxylic acid groups (broad SMARTS) is 1. The number of rotatable bonds is 8. The lowest BCUT2D eigenvalue weighted by molar-refractivity contribution is -0.144. The molecular weight excluding hydrogens is 339 g/mol. The van der Waals surface area contributed by atoms with Crippen molar-refractivity contribution in [3.05, 3.63) is 12.5 Å². The van der Waals surface area contributed by atoms with Crippen molar-refractivity contribution in [1.82, 2.24) is 9.97 Å². The van der Waals surface area contributed by atoms with Crippen LogP contribution in [0, 0.1) is 5.92 Å². The van der Waals surface area contributed by atoms with Crippen LogP contribution in [-0.4, -0.2) is 57.4 Å². The Morgan fingerprint density at radius 2 is 2.25 bits per heavy atom. The van der Waals surface area contributed by atoms with Gasteiger partial charge in [0.1, 0.15) is 11.4 Å². The second-order valence-corrected chi connectivity index (χ2v) is 8.09. The molecule has 134 valence electrons. The summed E-state index contributed by atoms with van der Waals surface area (Å²) in [6, 6.07) is 0. The minimum absolute atomic E-state index is 0.0794. The van der Waals surface area contributed by atoms with E-state index in [0.29, 0.717) is 12.8 Å². The third kappa shape index (κ3) is 4.07. The van der Waals surface area contributed by atoms with E-state index in [2.05, 4.69) is 14.7 Å². The van der Waals surface area contributed by atoms with Gasteiger partial charge in [0.05, 0.1) is 17.8 Å². The summed E-state index contributed by atoms with van der Waals surface area (Å²) in [5.41, 5.74) is 4.33. The molecule has 1 heterocycles. The zero-order chi connectivity index (χ0) is 18.0. The van der Waals surface area contributed by atoms with Gasteiger partial charge in [-0.3, -0.25) is 9.52 Å². The number of carboxylic acids is 1. The van der Waals surface area contributed by atoms with Crippen LogP contribution in [-0.2, 0) is 14.8 Å². The average molecular weight is 360 g/mol. The molecule has 1 unspecified atom stereocenters. The van der Waals surface area contributed by atoms with E-state index < -0.39 is 39.8 Å². The quantitative estimate of drug-likeness (QED) is 0.318. The Hall–Kier alpha value is -1.63. The normalized spacial score (nSPS) is 27.1. The number of nitrogens with one attached hydrogen (secondary N) is 2. The van der Waals surface area contributed by atoms with Crippen LogP contribution >= 0.6 is 0 Å². The van der Waals surface area contributed by atoms with Crippen molar-refractivity contribution in [1.29, 1.82) is 0 Å². The van der Waals surface area contributed by atoms with Gasteiger partial charge in [0, 0.05) is 0 Å². The molecule has 0 saturated heterocycles. The van der Waals surface area contributed by atoms with E-state index in [-0.39, 0.29) is 25.0 Å². The third-order valence-corrected chi connectivity index (χ3v) is 6.18. The number of aromatic amines is 1. The highest BCUT2D eigenvalue weighted by molar-refractivity contribution is 7.93. The monoisotopic (exact) mass is 360 g/mol.